The Hall–Kier alpha value is -3.55. The van der Waals surface area contributed by atoms with Gasteiger partial charge in [-0.2, -0.15) is 0 Å². The Morgan fingerprint density at radius 3 is 2.84 bits per heavy atom. The van der Waals surface area contributed by atoms with Crippen LogP contribution in [0, 0.1) is 5.92 Å². The fourth-order valence-electron chi connectivity index (χ4n) is 4.55. The zero-order chi connectivity index (χ0) is 21.4. The Labute approximate surface area is 179 Å². The summed E-state index contributed by atoms with van der Waals surface area (Å²) in [5.74, 6) is 2.08. The third-order valence-electron chi connectivity index (χ3n) is 5.97. The molecule has 1 aromatic carbocycles. The zero-order valence-electron chi connectivity index (χ0n) is 17.2. The molecule has 2 aliphatic heterocycles. The van der Waals surface area contributed by atoms with E-state index in [1.165, 1.54) is 0 Å². The second-order valence-electron chi connectivity index (χ2n) is 8.05. The number of fused-ring (bicyclic) bond motifs is 4. The molecule has 1 fully saturated rings. The minimum Gasteiger partial charge on any atom is -0.497 e. The Bertz CT molecular complexity index is 1170. The van der Waals surface area contributed by atoms with Crippen LogP contribution in [-0.2, 0) is 13.2 Å². The summed E-state index contributed by atoms with van der Waals surface area (Å²) < 4.78 is 18.1. The average molecular weight is 421 g/mol. The van der Waals surface area contributed by atoms with Crippen LogP contribution in [-0.4, -0.2) is 40.7 Å². The molecule has 31 heavy (non-hydrogen) atoms. The largest absolute Gasteiger partial charge is 0.497 e. The topological polar surface area (TPSA) is 86.8 Å². The van der Waals surface area contributed by atoms with Gasteiger partial charge in [0.05, 0.1) is 7.11 Å². The van der Waals surface area contributed by atoms with Crippen LogP contribution < -0.4 is 15.0 Å². The summed E-state index contributed by atoms with van der Waals surface area (Å²) in [6.45, 7) is 1.99. The van der Waals surface area contributed by atoms with Crippen molar-refractivity contribution in [3.63, 3.8) is 0 Å². The molecule has 4 heterocycles. The number of hydrogen-bond donors (Lipinski definition) is 0. The summed E-state index contributed by atoms with van der Waals surface area (Å²) in [4.78, 5) is 27.1. The molecule has 0 aliphatic carbocycles. The van der Waals surface area contributed by atoms with Crippen LogP contribution in [0.3, 0.4) is 0 Å². The van der Waals surface area contributed by atoms with Crippen molar-refractivity contribution in [2.75, 3.05) is 20.2 Å². The monoisotopic (exact) mass is 421 g/mol. The maximum atomic E-state index is 13.1. The van der Waals surface area contributed by atoms with E-state index in [1.807, 2.05) is 33.7 Å². The second-order valence-corrected chi connectivity index (χ2v) is 8.05. The number of rotatable bonds is 5. The van der Waals surface area contributed by atoms with Gasteiger partial charge < -0.3 is 23.5 Å². The molecule has 0 spiro atoms. The van der Waals surface area contributed by atoms with E-state index in [0.29, 0.717) is 36.9 Å². The molecule has 0 radical (unpaired) electrons. The van der Waals surface area contributed by atoms with Gasteiger partial charge in [0.1, 0.15) is 18.1 Å². The molecule has 1 unspecified atom stereocenters. The van der Waals surface area contributed by atoms with E-state index in [2.05, 4.69) is 5.16 Å². The minimum atomic E-state index is -0.155. The lowest BCUT2D eigenvalue weighted by atomic mass is 9.83. The number of ether oxygens (including phenoxy) is 2. The number of aromatic nitrogens is 2. The molecule has 1 saturated heterocycles. The number of nitrogens with zero attached hydrogens (tertiary/aromatic N) is 3. The number of amides is 1. The van der Waals surface area contributed by atoms with Gasteiger partial charge in [0.2, 0.25) is 0 Å². The van der Waals surface area contributed by atoms with Crippen molar-refractivity contribution in [3.8, 4) is 11.5 Å². The molecule has 2 aliphatic rings. The first-order chi connectivity index (χ1) is 15.1. The van der Waals surface area contributed by atoms with Gasteiger partial charge in [-0.25, -0.2) is 0 Å². The highest BCUT2D eigenvalue weighted by Gasteiger charge is 2.37. The van der Waals surface area contributed by atoms with E-state index in [4.69, 9.17) is 14.0 Å². The van der Waals surface area contributed by atoms with Gasteiger partial charge in [0.15, 0.2) is 11.5 Å². The normalized spacial score (nSPS) is 19.6. The second kappa shape index (κ2) is 7.94. The molecule has 8 nitrogen and oxygen atoms in total. The summed E-state index contributed by atoms with van der Waals surface area (Å²) in [5, 5.41) is 3.96. The van der Waals surface area contributed by atoms with Crippen molar-refractivity contribution in [1.82, 2.24) is 14.6 Å². The lowest BCUT2D eigenvalue weighted by molar-refractivity contribution is 0.0584. The molecule has 2 atom stereocenters. The molecule has 3 aromatic rings. The van der Waals surface area contributed by atoms with Gasteiger partial charge >= 0.3 is 0 Å². The van der Waals surface area contributed by atoms with E-state index < -0.39 is 0 Å². The van der Waals surface area contributed by atoms with Crippen LogP contribution in [0.4, 0.5) is 0 Å². The quantitative estimate of drug-likeness (QED) is 0.630. The van der Waals surface area contributed by atoms with E-state index in [1.54, 1.807) is 31.4 Å². The number of benzene rings is 1. The molecular weight excluding hydrogens is 398 g/mol. The number of methoxy groups -OCH3 is 1. The minimum absolute atomic E-state index is 0.0316. The van der Waals surface area contributed by atoms with Crippen molar-refractivity contribution in [1.29, 1.82) is 0 Å². The average Bonchev–Trinajstić information content (AvgIpc) is 3.27. The SMILES string of the molecule is COc1cccc(OCc2cc(C(=O)N3CC4C[C@H](C3)Cn3c4cccc3=O)no2)c1. The predicted molar refractivity (Wildman–Crippen MR) is 111 cm³/mol. The summed E-state index contributed by atoms with van der Waals surface area (Å²) in [6, 6.07) is 14.3. The first-order valence-electron chi connectivity index (χ1n) is 10.3. The molecule has 0 saturated carbocycles. The lowest BCUT2D eigenvalue weighted by Crippen LogP contribution is -2.49. The molecule has 2 aromatic heterocycles. The maximum absolute atomic E-state index is 13.1. The van der Waals surface area contributed by atoms with Gasteiger partial charge in [-0.1, -0.05) is 17.3 Å². The number of carbonyl (C=O) groups excluding carboxylic acids is 1. The lowest BCUT2D eigenvalue weighted by Gasteiger charge is -2.42. The van der Waals surface area contributed by atoms with Gasteiger partial charge in [-0.3, -0.25) is 9.59 Å². The van der Waals surface area contributed by atoms with Crippen molar-refractivity contribution in [2.24, 2.45) is 5.92 Å². The Morgan fingerprint density at radius 1 is 1.13 bits per heavy atom. The molecule has 2 bridgehead atoms. The van der Waals surface area contributed by atoms with Gasteiger partial charge in [0, 0.05) is 49.4 Å². The molecule has 160 valence electrons. The van der Waals surface area contributed by atoms with E-state index in [0.717, 1.165) is 12.1 Å². The summed E-state index contributed by atoms with van der Waals surface area (Å²) >= 11 is 0. The standard InChI is InChI=1S/C23H23N3O5/c1-29-17-4-2-5-18(9-17)30-14-19-10-20(24-31-19)23(28)25-11-15-8-16(13-25)21-6-3-7-22(27)26(21)12-15/h2-7,9-10,15-16H,8,11-14H2,1H3/t15-,16?/m1/s1. The van der Waals surface area contributed by atoms with Crippen molar-refractivity contribution in [3.05, 3.63) is 76.0 Å². The predicted octanol–water partition coefficient (Wildman–Crippen LogP) is 2.68. The van der Waals surface area contributed by atoms with Gasteiger partial charge in [0.25, 0.3) is 11.5 Å². The van der Waals surface area contributed by atoms with Crippen LogP contribution in [0.1, 0.15) is 34.3 Å². The zero-order valence-corrected chi connectivity index (χ0v) is 17.2. The van der Waals surface area contributed by atoms with E-state index in [-0.39, 0.29) is 35.6 Å². The van der Waals surface area contributed by atoms with Gasteiger partial charge in [-0.05, 0) is 30.5 Å². The van der Waals surface area contributed by atoms with Crippen molar-refractivity contribution < 1.29 is 18.8 Å². The van der Waals surface area contributed by atoms with Crippen LogP contribution in [0.15, 0.2) is 57.8 Å². The highest BCUT2D eigenvalue weighted by molar-refractivity contribution is 5.92. The number of pyridine rings is 1. The molecule has 8 heteroatoms. The number of hydrogen-bond acceptors (Lipinski definition) is 6. The smallest absolute Gasteiger partial charge is 0.276 e. The third kappa shape index (κ3) is 3.81. The first-order valence-corrected chi connectivity index (χ1v) is 10.3. The Balaban J connectivity index is 1.26. The first kappa shape index (κ1) is 19.4. The highest BCUT2D eigenvalue weighted by Crippen LogP contribution is 2.35. The summed E-state index contributed by atoms with van der Waals surface area (Å²) in [7, 11) is 1.60. The van der Waals surface area contributed by atoms with Crippen molar-refractivity contribution >= 4 is 5.91 Å². The van der Waals surface area contributed by atoms with Gasteiger partial charge in [-0.15, -0.1) is 0 Å². The third-order valence-corrected chi connectivity index (χ3v) is 5.97. The van der Waals surface area contributed by atoms with Crippen LogP contribution in [0.2, 0.25) is 0 Å². The summed E-state index contributed by atoms with van der Waals surface area (Å²) in [5.41, 5.74) is 1.31. The van der Waals surface area contributed by atoms with Crippen LogP contribution >= 0.6 is 0 Å². The van der Waals surface area contributed by atoms with Crippen molar-refractivity contribution in [2.45, 2.75) is 25.5 Å². The molecule has 5 rings (SSSR count). The number of carbonyl (C=O) groups is 1. The Morgan fingerprint density at radius 2 is 1.97 bits per heavy atom. The summed E-state index contributed by atoms with van der Waals surface area (Å²) in [6.07, 6.45) is 0.992. The maximum Gasteiger partial charge on any atom is 0.276 e. The number of likely N-dealkylation sites (tertiary alicyclic amines) is 1. The fourth-order valence-corrected chi connectivity index (χ4v) is 4.55. The van der Waals surface area contributed by atoms with Crippen LogP contribution in [0.5, 0.6) is 11.5 Å². The fraction of sp³-hybridized carbons (Fsp3) is 0.348. The number of piperidine rings is 1. The molecular formula is C23H23N3O5. The Kier molecular flexibility index (Phi) is 4.97. The van der Waals surface area contributed by atoms with Crippen LogP contribution in [0.25, 0.3) is 0 Å². The highest BCUT2D eigenvalue weighted by atomic mass is 16.5. The molecule has 0 N–H and O–H groups in total. The molecule has 1 amide bonds. The van der Waals surface area contributed by atoms with E-state index >= 15 is 0 Å². The van der Waals surface area contributed by atoms with E-state index in [9.17, 15) is 9.59 Å².